The van der Waals surface area contributed by atoms with Gasteiger partial charge in [-0.15, -0.1) is 0 Å². The molecule has 0 spiro atoms. The van der Waals surface area contributed by atoms with Crippen LogP contribution in [-0.2, 0) is 4.79 Å². The van der Waals surface area contributed by atoms with Gasteiger partial charge in [0, 0.05) is 25.7 Å². The van der Waals surface area contributed by atoms with E-state index in [1.54, 1.807) is 0 Å². The molecule has 106 valence electrons. The summed E-state index contributed by atoms with van der Waals surface area (Å²) >= 11 is 0. The zero-order valence-electron chi connectivity index (χ0n) is 12.1. The summed E-state index contributed by atoms with van der Waals surface area (Å²) in [4.78, 5) is 16.6. The molecule has 2 unspecified atom stereocenters. The van der Waals surface area contributed by atoms with Crippen LogP contribution in [0, 0.1) is 17.2 Å². The van der Waals surface area contributed by atoms with Crippen LogP contribution in [0.1, 0.15) is 26.7 Å². The summed E-state index contributed by atoms with van der Waals surface area (Å²) in [6.07, 6.45) is 2.10. The van der Waals surface area contributed by atoms with Gasteiger partial charge in [0.15, 0.2) is 0 Å². The van der Waals surface area contributed by atoms with Gasteiger partial charge in [-0.05, 0) is 39.7 Å². The number of nitriles is 1. The van der Waals surface area contributed by atoms with Crippen molar-refractivity contribution in [3.63, 3.8) is 0 Å². The highest BCUT2D eigenvalue weighted by Crippen LogP contribution is 2.39. The Morgan fingerprint density at radius 3 is 2.68 bits per heavy atom. The molecule has 1 aliphatic heterocycles. The van der Waals surface area contributed by atoms with Gasteiger partial charge in [-0.1, -0.05) is 0 Å². The third-order valence-corrected chi connectivity index (χ3v) is 4.34. The fraction of sp³-hybridized carbons (Fsp3) is 0.857. The number of carbonyl (C=O) groups excluding carboxylic acids is 1. The predicted octanol–water partition coefficient (Wildman–Crippen LogP) is 0.431. The number of likely N-dealkylation sites (N-methyl/N-ethyl adjacent to an activating group) is 1. The summed E-state index contributed by atoms with van der Waals surface area (Å²) in [5, 5.41) is 12.2. The Kier molecular flexibility index (Phi) is 4.12. The summed E-state index contributed by atoms with van der Waals surface area (Å²) in [5.41, 5.74) is -0.674. The molecule has 1 amide bonds. The van der Waals surface area contributed by atoms with E-state index in [1.165, 1.54) is 0 Å². The lowest BCUT2D eigenvalue weighted by molar-refractivity contribution is -0.124. The molecule has 2 atom stereocenters. The van der Waals surface area contributed by atoms with E-state index in [0.717, 1.165) is 32.5 Å². The largest absolute Gasteiger partial charge is 0.337 e. The van der Waals surface area contributed by atoms with E-state index in [2.05, 4.69) is 35.2 Å². The molecule has 1 N–H and O–H groups in total. The van der Waals surface area contributed by atoms with Crippen molar-refractivity contribution in [1.82, 2.24) is 15.1 Å². The van der Waals surface area contributed by atoms with Crippen molar-refractivity contribution in [3.8, 4) is 6.07 Å². The van der Waals surface area contributed by atoms with E-state index in [0.29, 0.717) is 18.5 Å². The Hall–Kier alpha value is -1.12. The number of hydrogen-bond acceptors (Lipinski definition) is 4. The molecule has 2 fully saturated rings. The summed E-state index contributed by atoms with van der Waals surface area (Å²) in [5.74, 6) is 0.318. The minimum absolute atomic E-state index is 0.0210. The first-order valence-corrected chi connectivity index (χ1v) is 7.09. The highest BCUT2D eigenvalue weighted by molar-refractivity contribution is 5.79. The number of hydrogen-bond donors (Lipinski definition) is 1. The van der Waals surface area contributed by atoms with Gasteiger partial charge < -0.3 is 10.2 Å². The van der Waals surface area contributed by atoms with Crippen LogP contribution in [0.4, 0.5) is 0 Å². The van der Waals surface area contributed by atoms with Crippen LogP contribution >= 0.6 is 0 Å². The van der Waals surface area contributed by atoms with E-state index >= 15 is 0 Å². The molecule has 5 heteroatoms. The molecule has 0 aromatic heterocycles. The molecule has 2 rings (SSSR count). The molecule has 0 bridgehead atoms. The van der Waals surface area contributed by atoms with Gasteiger partial charge in [0.2, 0.25) is 5.91 Å². The second-order valence-corrected chi connectivity index (χ2v) is 6.22. The summed E-state index contributed by atoms with van der Waals surface area (Å²) in [6.45, 7) is 7.29. The fourth-order valence-electron chi connectivity index (χ4n) is 2.81. The monoisotopic (exact) mass is 264 g/mol. The van der Waals surface area contributed by atoms with Gasteiger partial charge in [0.1, 0.15) is 5.54 Å². The van der Waals surface area contributed by atoms with Gasteiger partial charge in [-0.3, -0.25) is 9.69 Å². The first-order chi connectivity index (χ1) is 8.94. The third kappa shape index (κ3) is 3.46. The van der Waals surface area contributed by atoms with E-state index < -0.39 is 5.54 Å². The molecular formula is C14H24N4O. The summed E-state index contributed by atoms with van der Waals surface area (Å²) in [7, 11) is 2.10. The molecule has 0 aromatic rings. The van der Waals surface area contributed by atoms with Crippen molar-refractivity contribution in [1.29, 1.82) is 5.26 Å². The number of rotatable bonds is 4. The van der Waals surface area contributed by atoms with E-state index in [4.69, 9.17) is 0 Å². The molecular weight excluding hydrogens is 240 g/mol. The molecule has 1 heterocycles. The number of amides is 1. The smallest absolute Gasteiger partial charge is 0.235 e. The van der Waals surface area contributed by atoms with Crippen molar-refractivity contribution < 1.29 is 4.79 Å². The van der Waals surface area contributed by atoms with Gasteiger partial charge in [-0.25, -0.2) is 0 Å². The second kappa shape index (κ2) is 5.48. The van der Waals surface area contributed by atoms with Crippen LogP contribution in [0.5, 0.6) is 0 Å². The van der Waals surface area contributed by atoms with Gasteiger partial charge in [0.25, 0.3) is 0 Å². The van der Waals surface area contributed by atoms with Crippen LogP contribution in [0.2, 0.25) is 0 Å². The van der Waals surface area contributed by atoms with Gasteiger partial charge in [-0.2, -0.15) is 5.26 Å². The van der Waals surface area contributed by atoms with E-state index in [-0.39, 0.29) is 5.91 Å². The van der Waals surface area contributed by atoms with Crippen molar-refractivity contribution in [2.24, 2.45) is 5.92 Å². The lowest BCUT2D eigenvalue weighted by Crippen LogP contribution is -2.55. The highest BCUT2D eigenvalue weighted by Gasteiger charge is 2.43. The molecule has 1 aliphatic carbocycles. The van der Waals surface area contributed by atoms with Crippen LogP contribution in [-0.4, -0.2) is 60.5 Å². The minimum Gasteiger partial charge on any atom is -0.337 e. The first-order valence-electron chi connectivity index (χ1n) is 7.09. The molecule has 1 saturated heterocycles. The number of piperazine rings is 1. The van der Waals surface area contributed by atoms with E-state index in [9.17, 15) is 10.1 Å². The van der Waals surface area contributed by atoms with Crippen molar-refractivity contribution in [3.05, 3.63) is 0 Å². The van der Waals surface area contributed by atoms with Gasteiger partial charge >= 0.3 is 0 Å². The van der Waals surface area contributed by atoms with Crippen molar-refractivity contribution >= 4 is 5.91 Å². The lowest BCUT2D eigenvalue weighted by Gasteiger charge is -2.38. The Morgan fingerprint density at radius 1 is 1.47 bits per heavy atom. The molecule has 0 radical (unpaired) electrons. The number of nitrogens with zero attached hydrogens (tertiary/aromatic N) is 3. The quantitative estimate of drug-likeness (QED) is 0.800. The van der Waals surface area contributed by atoms with Crippen LogP contribution in [0.3, 0.4) is 0 Å². The average Bonchev–Trinajstić information content (AvgIpc) is 3.17. The van der Waals surface area contributed by atoms with Crippen molar-refractivity contribution in [2.45, 2.75) is 38.3 Å². The van der Waals surface area contributed by atoms with Crippen LogP contribution < -0.4 is 5.32 Å². The zero-order valence-corrected chi connectivity index (χ0v) is 12.1. The fourth-order valence-corrected chi connectivity index (χ4v) is 2.81. The molecule has 1 saturated carbocycles. The summed E-state index contributed by atoms with van der Waals surface area (Å²) < 4.78 is 0. The van der Waals surface area contributed by atoms with Gasteiger partial charge in [0.05, 0.1) is 12.6 Å². The maximum absolute atomic E-state index is 12.1. The number of nitrogens with one attached hydrogen (secondary N) is 1. The second-order valence-electron chi connectivity index (χ2n) is 6.22. The first kappa shape index (κ1) is 14.3. The van der Waals surface area contributed by atoms with E-state index in [1.807, 2.05) is 6.92 Å². The Labute approximate surface area is 115 Å². The lowest BCUT2D eigenvalue weighted by atomic mass is 9.98. The predicted molar refractivity (Wildman–Crippen MR) is 73.4 cm³/mol. The molecule has 0 aromatic carbocycles. The van der Waals surface area contributed by atoms with Crippen LogP contribution in [0.15, 0.2) is 0 Å². The average molecular weight is 264 g/mol. The van der Waals surface area contributed by atoms with Crippen molar-refractivity contribution in [2.75, 3.05) is 33.2 Å². The Balaban J connectivity index is 1.86. The molecule has 5 nitrogen and oxygen atoms in total. The minimum atomic E-state index is -0.674. The Bertz CT molecular complexity index is 387. The standard InChI is InChI=1S/C14H24N4O/c1-11-8-17(3)6-7-18(11)9-13(19)16-14(2,10-15)12-4-5-12/h11-12H,4-9H2,1-3H3,(H,16,19). The Morgan fingerprint density at radius 2 is 2.16 bits per heavy atom. The maximum Gasteiger partial charge on any atom is 0.235 e. The molecule has 19 heavy (non-hydrogen) atoms. The SMILES string of the molecule is CC1CN(C)CCN1CC(=O)NC(C)(C#N)C1CC1. The third-order valence-electron chi connectivity index (χ3n) is 4.34. The van der Waals surface area contributed by atoms with Crippen LogP contribution in [0.25, 0.3) is 0 Å². The maximum atomic E-state index is 12.1. The topological polar surface area (TPSA) is 59.4 Å². The number of carbonyl (C=O) groups is 1. The highest BCUT2D eigenvalue weighted by atomic mass is 16.2. The summed E-state index contributed by atoms with van der Waals surface area (Å²) in [6, 6.07) is 2.66. The normalized spacial score (nSPS) is 28.4. The molecule has 2 aliphatic rings. The zero-order chi connectivity index (χ0) is 14.0.